The number of unbranched alkanes of at least 4 members (excludes halogenated alkanes) is 28. The van der Waals surface area contributed by atoms with Gasteiger partial charge in [0.1, 0.15) is 0 Å². The Labute approximate surface area is 286 Å². The van der Waals surface area contributed by atoms with Gasteiger partial charge in [-0.2, -0.15) is 0 Å². The van der Waals surface area contributed by atoms with E-state index in [4.69, 9.17) is 15.2 Å². The van der Waals surface area contributed by atoms with Gasteiger partial charge in [-0.25, -0.2) is 5.32 Å². The van der Waals surface area contributed by atoms with E-state index in [0.29, 0.717) is 19.4 Å². The van der Waals surface area contributed by atoms with Crippen molar-refractivity contribution in [3.8, 4) is 0 Å². The molecule has 0 aromatic rings. The molecule has 0 saturated carbocycles. The molecule has 0 heterocycles. The van der Waals surface area contributed by atoms with Crippen LogP contribution in [0.15, 0.2) is 0 Å². The average Bonchev–Trinajstić information content (AvgIpc) is 3.04. The van der Waals surface area contributed by atoms with Gasteiger partial charge >= 0.3 is 17.8 Å². The molecule has 0 aliphatic carbocycles. The van der Waals surface area contributed by atoms with Crippen LogP contribution in [0.5, 0.6) is 0 Å². The third-order valence-electron chi connectivity index (χ3n) is 9.24. The van der Waals surface area contributed by atoms with Crippen LogP contribution in [0.2, 0.25) is 0 Å². The number of esters is 2. The second kappa shape index (κ2) is 35.2. The van der Waals surface area contributed by atoms with Crippen molar-refractivity contribution in [3.05, 3.63) is 0 Å². The van der Waals surface area contributed by atoms with Crippen molar-refractivity contribution in [1.29, 1.82) is 0 Å². The zero-order chi connectivity index (χ0) is 33.8. The summed E-state index contributed by atoms with van der Waals surface area (Å²) >= 11 is 0. The topological polar surface area (TPSA) is 90.7 Å². The Balaban J connectivity index is 3.87. The molecule has 0 radical (unpaired) electrons. The molecule has 0 saturated heterocycles. The first kappa shape index (κ1) is 44.9. The highest BCUT2D eigenvalue weighted by Crippen LogP contribution is 2.18. The highest BCUT2D eigenvalue weighted by Gasteiger charge is 2.36. The van der Waals surface area contributed by atoms with E-state index in [1.165, 1.54) is 154 Å². The number of nitrogens with two attached hydrogens (primary N) is 1. The standard InChI is InChI=1S/C40H80N2O4/c1-4-7-9-11-13-15-17-19-21-23-25-27-29-31-33-35-38(43)45-40(37-41,42-6-3)46-39(44)36-34-32-30-28-26-24-22-20-18-16-14-12-10-8-5-2/h42H,4-37,41H2,1-3H3. The molecule has 0 aromatic heterocycles. The van der Waals surface area contributed by atoms with Gasteiger partial charge in [0, 0.05) is 12.8 Å². The smallest absolute Gasteiger partial charge is 0.330 e. The molecule has 0 bridgehead atoms. The fourth-order valence-corrected chi connectivity index (χ4v) is 6.27. The van der Waals surface area contributed by atoms with Gasteiger partial charge in [0.2, 0.25) is 0 Å². The van der Waals surface area contributed by atoms with Gasteiger partial charge in [0.05, 0.1) is 6.54 Å². The van der Waals surface area contributed by atoms with Crippen LogP contribution in [0.3, 0.4) is 0 Å². The lowest BCUT2D eigenvalue weighted by molar-refractivity contribution is -0.237. The van der Waals surface area contributed by atoms with Gasteiger partial charge in [-0.05, 0) is 19.4 Å². The molecular formula is C40H80N2O4. The Kier molecular flexibility index (Phi) is 34.3. The van der Waals surface area contributed by atoms with Crippen molar-refractivity contribution in [2.75, 3.05) is 13.1 Å². The summed E-state index contributed by atoms with van der Waals surface area (Å²) in [6.07, 6.45) is 39.1. The molecule has 0 spiro atoms. The molecular weight excluding hydrogens is 572 g/mol. The zero-order valence-corrected chi connectivity index (χ0v) is 31.3. The van der Waals surface area contributed by atoms with Crippen molar-refractivity contribution in [3.63, 3.8) is 0 Å². The van der Waals surface area contributed by atoms with Gasteiger partial charge in [0.25, 0.3) is 0 Å². The fraction of sp³-hybridized carbons (Fsp3) is 0.950. The van der Waals surface area contributed by atoms with Crippen LogP contribution in [0.1, 0.15) is 226 Å². The number of ether oxygens (including phenoxy) is 2. The molecule has 0 aromatic carbocycles. The summed E-state index contributed by atoms with van der Waals surface area (Å²) in [7, 11) is 0. The van der Waals surface area contributed by atoms with Crippen molar-refractivity contribution >= 4 is 11.9 Å². The number of carbonyl (C=O) groups excluding carboxylic acids is 2. The molecule has 6 heteroatoms. The Morgan fingerprint density at radius 1 is 0.435 bits per heavy atom. The number of hydrogen-bond donors (Lipinski definition) is 2. The number of carbonyl (C=O) groups is 2. The van der Waals surface area contributed by atoms with Gasteiger partial charge in [-0.15, -0.1) is 0 Å². The molecule has 3 N–H and O–H groups in total. The van der Waals surface area contributed by atoms with Crippen LogP contribution in [0.4, 0.5) is 0 Å². The molecule has 0 aliphatic heterocycles. The Morgan fingerprint density at radius 2 is 0.674 bits per heavy atom. The minimum absolute atomic E-state index is 0.101. The summed E-state index contributed by atoms with van der Waals surface area (Å²) < 4.78 is 11.3. The minimum Gasteiger partial charge on any atom is -0.407 e. The quantitative estimate of drug-likeness (QED) is 0.0394. The van der Waals surface area contributed by atoms with E-state index in [1.807, 2.05) is 6.92 Å². The first-order valence-corrected chi connectivity index (χ1v) is 20.4. The van der Waals surface area contributed by atoms with Crippen molar-refractivity contribution < 1.29 is 19.1 Å². The molecule has 0 amide bonds. The largest absolute Gasteiger partial charge is 0.407 e. The lowest BCUT2D eigenvalue weighted by Crippen LogP contribution is -2.57. The Hall–Kier alpha value is -1.14. The van der Waals surface area contributed by atoms with E-state index in [1.54, 1.807) is 0 Å². The summed E-state index contributed by atoms with van der Waals surface area (Å²) in [4.78, 5) is 25.2. The lowest BCUT2D eigenvalue weighted by Gasteiger charge is -2.32. The molecule has 0 fully saturated rings. The van der Waals surface area contributed by atoms with Gasteiger partial charge < -0.3 is 15.2 Å². The summed E-state index contributed by atoms with van der Waals surface area (Å²) in [5, 5.41) is 3.00. The van der Waals surface area contributed by atoms with E-state index >= 15 is 0 Å². The molecule has 0 rings (SSSR count). The summed E-state index contributed by atoms with van der Waals surface area (Å²) in [6.45, 7) is 6.81. The first-order chi connectivity index (χ1) is 22.5. The highest BCUT2D eigenvalue weighted by atomic mass is 16.7. The maximum absolute atomic E-state index is 12.6. The Bertz CT molecular complexity index is 609. The molecule has 6 nitrogen and oxygen atoms in total. The predicted octanol–water partition coefficient (Wildman–Crippen LogP) is 11.8. The maximum Gasteiger partial charge on any atom is 0.330 e. The van der Waals surface area contributed by atoms with Crippen molar-refractivity contribution in [2.24, 2.45) is 5.73 Å². The predicted molar refractivity (Wildman–Crippen MR) is 197 cm³/mol. The maximum atomic E-state index is 12.6. The summed E-state index contributed by atoms with van der Waals surface area (Å²) in [5.41, 5.74) is 5.94. The number of nitrogens with one attached hydrogen (secondary N) is 1. The van der Waals surface area contributed by atoms with Gasteiger partial charge in [-0.1, -0.05) is 201 Å². The number of rotatable bonds is 37. The highest BCUT2D eigenvalue weighted by molar-refractivity contribution is 5.72. The number of likely N-dealkylation sites (N-methyl/N-ethyl adjacent to an activating group) is 1. The van der Waals surface area contributed by atoms with Crippen LogP contribution in [0.25, 0.3) is 0 Å². The Morgan fingerprint density at radius 3 is 0.891 bits per heavy atom. The summed E-state index contributed by atoms with van der Waals surface area (Å²) in [6, 6.07) is 0. The molecule has 274 valence electrons. The second-order valence-corrected chi connectivity index (χ2v) is 13.8. The number of hydrogen-bond acceptors (Lipinski definition) is 6. The van der Waals surface area contributed by atoms with Gasteiger partial charge in [0.15, 0.2) is 0 Å². The fourth-order valence-electron chi connectivity index (χ4n) is 6.27. The van der Waals surface area contributed by atoms with E-state index < -0.39 is 5.91 Å². The van der Waals surface area contributed by atoms with E-state index in [9.17, 15) is 9.59 Å². The third kappa shape index (κ3) is 30.2. The van der Waals surface area contributed by atoms with Crippen molar-refractivity contribution in [2.45, 2.75) is 232 Å². The van der Waals surface area contributed by atoms with Crippen molar-refractivity contribution in [1.82, 2.24) is 5.32 Å². The van der Waals surface area contributed by atoms with Crippen LogP contribution in [0, 0.1) is 0 Å². The first-order valence-electron chi connectivity index (χ1n) is 20.4. The summed E-state index contributed by atoms with van der Waals surface area (Å²) in [5.74, 6) is -2.28. The van der Waals surface area contributed by atoms with E-state index in [0.717, 1.165) is 38.5 Å². The van der Waals surface area contributed by atoms with Crippen LogP contribution in [-0.4, -0.2) is 30.9 Å². The molecule has 0 aliphatic rings. The zero-order valence-electron chi connectivity index (χ0n) is 31.3. The monoisotopic (exact) mass is 653 g/mol. The van der Waals surface area contributed by atoms with E-state index in [2.05, 4.69) is 19.2 Å². The van der Waals surface area contributed by atoms with Gasteiger partial charge in [-0.3, -0.25) is 9.59 Å². The molecule has 46 heavy (non-hydrogen) atoms. The van der Waals surface area contributed by atoms with E-state index in [-0.39, 0.29) is 18.5 Å². The minimum atomic E-state index is -1.56. The third-order valence-corrected chi connectivity index (χ3v) is 9.24. The van der Waals surface area contributed by atoms with Crippen LogP contribution < -0.4 is 11.1 Å². The van der Waals surface area contributed by atoms with Crippen LogP contribution in [-0.2, 0) is 19.1 Å². The SMILES string of the molecule is CCCCCCCCCCCCCCCCCC(=O)OC(CN)(NCC)OC(=O)CCCCCCCCCCCCCCCCC. The second-order valence-electron chi connectivity index (χ2n) is 13.8. The lowest BCUT2D eigenvalue weighted by atomic mass is 10.0. The molecule has 0 atom stereocenters. The average molecular weight is 653 g/mol. The van der Waals surface area contributed by atoms with Crippen LogP contribution >= 0.6 is 0 Å². The molecule has 0 unspecified atom stereocenters. The normalized spacial score (nSPS) is 11.7.